The number of halogens is 1. The Bertz CT molecular complexity index is 1120. The standard InChI is InChI=1S/C23H19FN2O3S/c1-2-11-29-18-9-4-8-17(14-18)26-22(27)20(19-10-5-12-30-19)21(23(26)28)25-16-7-3-6-15(24)13-16/h3-10,12-14,25H,2,11H2,1H3. The Balaban J connectivity index is 1.73. The third-order valence-electron chi connectivity index (χ3n) is 4.49. The van der Waals surface area contributed by atoms with Gasteiger partial charge in [0.1, 0.15) is 17.3 Å². The molecule has 0 radical (unpaired) electrons. The lowest BCUT2D eigenvalue weighted by atomic mass is 10.2. The van der Waals surface area contributed by atoms with E-state index in [0.29, 0.717) is 28.6 Å². The highest BCUT2D eigenvalue weighted by Gasteiger charge is 2.40. The number of nitrogens with zero attached hydrogens (tertiary/aromatic N) is 1. The molecular formula is C23H19FN2O3S. The molecule has 2 aromatic carbocycles. The van der Waals surface area contributed by atoms with Crippen molar-refractivity contribution >= 4 is 40.1 Å². The second-order valence-electron chi connectivity index (χ2n) is 6.65. The van der Waals surface area contributed by atoms with Gasteiger partial charge in [-0.05, 0) is 48.2 Å². The fourth-order valence-corrected chi connectivity index (χ4v) is 3.94. The van der Waals surface area contributed by atoms with Crippen molar-refractivity contribution in [2.75, 3.05) is 16.8 Å². The number of amides is 2. The number of hydrogen-bond acceptors (Lipinski definition) is 5. The summed E-state index contributed by atoms with van der Waals surface area (Å²) >= 11 is 1.36. The lowest BCUT2D eigenvalue weighted by molar-refractivity contribution is -0.120. The van der Waals surface area contributed by atoms with E-state index < -0.39 is 17.6 Å². The lowest BCUT2D eigenvalue weighted by Crippen LogP contribution is -2.32. The monoisotopic (exact) mass is 422 g/mol. The normalized spacial score (nSPS) is 13.9. The molecule has 0 saturated heterocycles. The molecule has 30 heavy (non-hydrogen) atoms. The number of imide groups is 1. The molecule has 1 aliphatic heterocycles. The minimum absolute atomic E-state index is 0.118. The molecule has 2 heterocycles. The van der Waals surface area contributed by atoms with E-state index in [1.165, 1.54) is 29.5 Å². The summed E-state index contributed by atoms with van der Waals surface area (Å²) < 4.78 is 19.3. The Kier molecular flexibility index (Phi) is 5.63. The van der Waals surface area contributed by atoms with Gasteiger partial charge in [0.15, 0.2) is 0 Å². The van der Waals surface area contributed by atoms with Gasteiger partial charge in [0.2, 0.25) is 0 Å². The van der Waals surface area contributed by atoms with Crippen LogP contribution in [0.4, 0.5) is 15.8 Å². The molecule has 3 aromatic rings. The second kappa shape index (κ2) is 8.51. The van der Waals surface area contributed by atoms with Crippen molar-refractivity contribution < 1.29 is 18.7 Å². The largest absolute Gasteiger partial charge is 0.494 e. The van der Waals surface area contributed by atoms with Crippen LogP contribution < -0.4 is 15.0 Å². The summed E-state index contributed by atoms with van der Waals surface area (Å²) in [5.74, 6) is -0.791. The Hall–Kier alpha value is -3.45. The maximum atomic E-state index is 13.6. The topological polar surface area (TPSA) is 58.6 Å². The molecule has 152 valence electrons. The van der Waals surface area contributed by atoms with Gasteiger partial charge in [-0.15, -0.1) is 11.3 Å². The predicted octanol–water partition coefficient (Wildman–Crippen LogP) is 5.07. The molecule has 0 spiro atoms. The van der Waals surface area contributed by atoms with Gasteiger partial charge < -0.3 is 10.1 Å². The first-order chi connectivity index (χ1) is 14.6. The molecule has 5 nitrogen and oxygen atoms in total. The molecule has 1 N–H and O–H groups in total. The first kappa shape index (κ1) is 19.8. The van der Waals surface area contributed by atoms with Crippen molar-refractivity contribution in [3.05, 3.63) is 82.4 Å². The maximum Gasteiger partial charge on any atom is 0.282 e. The number of rotatable bonds is 7. The van der Waals surface area contributed by atoms with E-state index >= 15 is 0 Å². The number of hydrogen-bond donors (Lipinski definition) is 1. The van der Waals surface area contributed by atoms with Gasteiger partial charge in [0.25, 0.3) is 11.8 Å². The van der Waals surface area contributed by atoms with Crippen LogP contribution in [0.15, 0.2) is 71.7 Å². The van der Waals surface area contributed by atoms with Crippen molar-refractivity contribution in [3.63, 3.8) is 0 Å². The molecule has 7 heteroatoms. The van der Waals surface area contributed by atoms with Crippen LogP contribution in [0, 0.1) is 5.82 Å². The van der Waals surface area contributed by atoms with E-state index in [0.717, 1.165) is 11.3 Å². The van der Waals surface area contributed by atoms with Gasteiger partial charge in [0.05, 0.1) is 17.9 Å². The first-order valence-corrected chi connectivity index (χ1v) is 10.4. The number of carbonyl (C=O) groups is 2. The van der Waals surface area contributed by atoms with Gasteiger partial charge in [-0.25, -0.2) is 9.29 Å². The van der Waals surface area contributed by atoms with E-state index in [-0.39, 0.29) is 11.3 Å². The number of carbonyl (C=O) groups excluding carboxylic acids is 2. The molecule has 2 amide bonds. The first-order valence-electron chi connectivity index (χ1n) is 9.51. The zero-order valence-electron chi connectivity index (χ0n) is 16.2. The molecule has 1 aliphatic rings. The third kappa shape index (κ3) is 3.84. The molecular weight excluding hydrogens is 403 g/mol. The van der Waals surface area contributed by atoms with Crippen LogP contribution >= 0.6 is 11.3 Å². The average molecular weight is 422 g/mol. The van der Waals surface area contributed by atoms with Crippen LogP contribution in [0.1, 0.15) is 18.2 Å². The number of benzene rings is 2. The molecule has 0 unspecified atom stereocenters. The summed E-state index contributed by atoms with van der Waals surface area (Å²) in [6.07, 6.45) is 0.845. The fourth-order valence-electron chi connectivity index (χ4n) is 3.17. The summed E-state index contributed by atoms with van der Waals surface area (Å²) in [4.78, 5) is 28.4. The highest BCUT2D eigenvalue weighted by Crippen LogP contribution is 2.36. The van der Waals surface area contributed by atoms with Gasteiger partial charge in [-0.2, -0.15) is 0 Å². The number of thiophene rings is 1. The predicted molar refractivity (Wildman–Crippen MR) is 116 cm³/mol. The molecule has 4 rings (SSSR count). The molecule has 0 aliphatic carbocycles. The van der Waals surface area contributed by atoms with Crippen molar-refractivity contribution in [2.45, 2.75) is 13.3 Å². The minimum atomic E-state index is -0.500. The van der Waals surface area contributed by atoms with Gasteiger partial charge in [-0.3, -0.25) is 9.59 Å². The van der Waals surface area contributed by atoms with Crippen LogP contribution in [0.2, 0.25) is 0 Å². The van der Waals surface area contributed by atoms with Crippen LogP contribution in [-0.4, -0.2) is 18.4 Å². The van der Waals surface area contributed by atoms with Crippen molar-refractivity contribution in [3.8, 4) is 5.75 Å². The molecule has 0 atom stereocenters. The highest BCUT2D eigenvalue weighted by atomic mass is 32.1. The zero-order chi connectivity index (χ0) is 21.1. The van der Waals surface area contributed by atoms with Crippen molar-refractivity contribution in [1.29, 1.82) is 0 Å². The minimum Gasteiger partial charge on any atom is -0.494 e. The van der Waals surface area contributed by atoms with Gasteiger partial charge in [0, 0.05) is 16.6 Å². The van der Waals surface area contributed by atoms with Crippen LogP contribution in [0.5, 0.6) is 5.75 Å². The lowest BCUT2D eigenvalue weighted by Gasteiger charge is -2.16. The van der Waals surface area contributed by atoms with Crippen LogP contribution in [-0.2, 0) is 9.59 Å². The zero-order valence-corrected chi connectivity index (χ0v) is 17.0. The van der Waals surface area contributed by atoms with Crippen molar-refractivity contribution in [2.24, 2.45) is 0 Å². The summed E-state index contributed by atoms with van der Waals surface area (Å²) in [6, 6.07) is 16.2. The SMILES string of the molecule is CCCOc1cccc(N2C(=O)C(Nc3cccc(F)c3)=C(c3cccs3)C2=O)c1. The second-order valence-corrected chi connectivity index (χ2v) is 7.60. The van der Waals surface area contributed by atoms with E-state index in [1.807, 2.05) is 18.4 Å². The molecule has 1 aromatic heterocycles. The summed E-state index contributed by atoms with van der Waals surface area (Å²) in [5.41, 5.74) is 1.19. The smallest absolute Gasteiger partial charge is 0.282 e. The maximum absolute atomic E-state index is 13.6. The van der Waals surface area contributed by atoms with Crippen LogP contribution in [0.25, 0.3) is 5.57 Å². The van der Waals surface area contributed by atoms with E-state index in [9.17, 15) is 14.0 Å². The van der Waals surface area contributed by atoms with Crippen LogP contribution in [0.3, 0.4) is 0 Å². The summed E-state index contributed by atoms with van der Waals surface area (Å²) in [7, 11) is 0. The average Bonchev–Trinajstić information content (AvgIpc) is 3.34. The quantitative estimate of drug-likeness (QED) is 0.540. The third-order valence-corrected chi connectivity index (χ3v) is 5.38. The Morgan fingerprint density at radius 1 is 1.03 bits per heavy atom. The fraction of sp³-hybridized carbons (Fsp3) is 0.130. The van der Waals surface area contributed by atoms with E-state index in [2.05, 4.69) is 5.32 Å². The summed E-state index contributed by atoms with van der Waals surface area (Å²) in [5, 5.41) is 4.79. The van der Waals surface area contributed by atoms with Gasteiger partial charge >= 0.3 is 0 Å². The number of anilines is 2. The highest BCUT2D eigenvalue weighted by molar-refractivity contribution is 7.11. The van der Waals surface area contributed by atoms with E-state index in [4.69, 9.17) is 4.74 Å². The van der Waals surface area contributed by atoms with E-state index in [1.54, 1.807) is 36.4 Å². The number of nitrogens with one attached hydrogen (secondary N) is 1. The van der Waals surface area contributed by atoms with Crippen molar-refractivity contribution in [1.82, 2.24) is 0 Å². The van der Waals surface area contributed by atoms with Gasteiger partial charge in [-0.1, -0.05) is 25.1 Å². The Labute approximate surface area is 177 Å². The Morgan fingerprint density at radius 3 is 2.60 bits per heavy atom. The molecule has 0 fully saturated rings. The molecule has 0 saturated carbocycles. The number of ether oxygens (including phenoxy) is 1. The Morgan fingerprint density at radius 2 is 1.87 bits per heavy atom. The summed E-state index contributed by atoms with van der Waals surface area (Å²) in [6.45, 7) is 2.54. The molecule has 0 bridgehead atoms.